The van der Waals surface area contributed by atoms with Gasteiger partial charge < -0.3 is 5.32 Å². The molecule has 0 atom stereocenters. The van der Waals surface area contributed by atoms with E-state index in [-0.39, 0.29) is 5.78 Å². The van der Waals surface area contributed by atoms with Gasteiger partial charge in [-0.3, -0.25) is 4.79 Å². The van der Waals surface area contributed by atoms with Gasteiger partial charge >= 0.3 is 0 Å². The number of hydrogen-bond donors (Lipinski definition) is 1. The first-order chi connectivity index (χ1) is 10.8. The second-order valence-electron chi connectivity index (χ2n) is 5.11. The minimum Gasteiger partial charge on any atom is -0.381 e. The molecule has 3 aromatic carbocycles. The van der Waals surface area contributed by atoms with Crippen molar-refractivity contribution in [2.75, 3.05) is 5.32 Å². The Morgan fingerprint density at radius 1 is 0.682 bits per heavy atom. The van der Waals surface area contributed by atoms with E-state index in [1.807, 2.05) is 72.8 Å². The van der Waals surface area contributed by atoms with E-state index in [1.54, 1.807) is 0 Å². The van der Waals surface area contributed by atoms with E-state index in [0.29, 0.717) is 11.1 Å². The third-order valence-electron chi connectivity index (χ3n) is 3.52. The molecule has 0 saturated carbocycles. The predicted molar refractivity (Wildman–Crippen MR) is 90.1 cm³/mol. The third kappa shape index (κ3) is 3.41. The van der Waals surface area contributed by atoms with Crippen LogP contribution in [0.25, 0.3) is 0 Å². The molecule has 0 heterocycles. The number of carbonyl (C=O) groups is 1. The van der Waals surface area contributed by atoms with Crippen LogP contribution in [0.15, 0.2) is 84.9 Å². The SMILES string of the molecule is O=C(c1ccccc1)c1ccc(NCc2ccccc2)cc1. The molecule has 3 aromatic rings. The van der Waals surface area contributed by atoms with Gasteiger partial charge in [0.25, 0.3) is 0 Å². The van der Waals surface area contributed by atoms with Gasteiger partial charge in [0.1, 0.15) is 0 Å². The van der Waals surface area contributed by atoms with E-state index in [4.69, 9.17) is 0 Å². The van der Waals surface area contributed by atoms with Crippen molar-refractivity contribution >= 4 is 11.5 Å². The zero-order valence-corrected chi connectivity index (χ0v) is 12.2. The summed E-state index contributed by atoms with van der Waals surface area (Å²) < 4.78 is 0. The highest BCUT2D eigenvalue weighted by Gasteiger charge is 2.07. The van der Waals surface area contributed by atoms with Gasteiger partial charge in [0.05, 0.1) is 0 Å². The fourth-order valence-corrected chi connectivity index (χ4v) is 2.30. The molecule has 2 heteroatoms. The van der Waals surface area contributed by atoms with Gasteiger partial charge in [-0.25, -0.2) is 0 Å². The average molecular weight is 287 g/mol. The van der Waals surface area contributed by atoms with Crippen LogP contribution in [0.3, 0.4) is 0 Å². The van der Waals surface area contributed by atoms with Crippen LogP contribution in [0.4, 0.5) is 5.69 Å². The van der Waals surface area contributed by atoms with Gasteiger partial charge in [0, 0.05) is 23.4 Å². The van der Waals surface area contributed by atoms with Gasteiger partial charge in [-0.05, 0) is 29.8 Å². The maximum atomic E-state index is 12.3. The summed E-state index contributed by atoms with van der Waals surface area (Å²) in [5.41, 5.74) is 3.66. The molecule has 0 aliphatic carbocycles. The molecule has 3 rings (SSSR count). The molecule has 0 aromatic heterocycles. The highest BCUT2D eigenvalue weighted by molar-refractivity contribution is 6.09. The Morgan fingerprint density at radius 2 is 1.23 bits per heavy atom. The summed E-state index contributed by atoms with van der Waals surface area (Å²) in [4.78, 5) is 12.3. The quantitative estimate of drug-likeness (QED) is 0.698. The van der Waals surface area contributed by atoms with Crippen molar-refractivity contribution in [1.29, 1.82) is 0 Å². The summed E-state index contributed by atoms with van der Waals surface area (Å²) in [6, 6.07) is 27.2. The van der Waals surface area contributed by atoms with Crippen LogP contribution < -0.4 is 5.32 Å². The number of benzene rings is 3. The van der Waals surface area contributed by atoms with E-state index in [1.165, 1.54) is 5.56 Å². The highest BCUT2D eigenvalue weighted by Crippen LogP contribution is 2.14. The lowest BCUT2D eigenvalue weighted by atomic mass is 10.0. The summed E-state index contributed by atoms with van der Waals surface area (Å²) in [7, 11) is 0. The lowest BCUT2D eigenvalue weighted by Gasteiger charge is -2.07. The van der Waals surface area contributed by atoms with E-state index in [9.17, 15) is 4.79 Å². The molecule has 0 amide bonds. The number of nitrogens with one attached hydrogen (secondary N) is 1. The van der Waals surface area contributed by atoms with Crippen molar-refractivity contribution in [3.63, 3.8) is 0 Å². The molecule has 1 N–H and O–H groups in total. The van der Waals surface area contributed by atoms with Crippen LogP contribution in [0.2, 0.25) is 0 Å². The van der Waals surface area contributed by atoms with Gasteiger partial charge in [0.2, 0.25) is 0 Å². The Bertz CT molecular complexity index is 734. The summed E-state index contributed by atoms with van der Waals surface area (Å²) in [6.07, 6.45) is 0. The number of anilines is 1. The Balaban J connectivity index is 1.67. The van der Waals surface area contributed by atoms with Crippen molar-refractivity contribution in [3.05, 3.63) is 102 Å². The van der Waals surface area contributed by atoms with Gasteiger partial charge in [-0.15, -0.1) is 0 Å². The molecule has 0 spiro atoms. The monoisotopic (exact) mass is 287 g/mol. The van der Waals surface area contributed by atoms with Crippen molar-refractivity contribution in [3.8, 4) is 0 Å². The van der Waals surface area contributed by atoms with E-state index in [0.717, 1.165) is 12.2 Å². The number of rotatable bonds is 5. The lowest BCUT2D eigenvalue weighted by molar-refractivity contribution is 0.103. The van der Waals surface area contributed by atoms with Gasteiger partial charge in [-0.1, -0.05) is 60.7 Å². The van der Waals surface area contributed by atoms with Crippen molar-refractivity contribution in [1.82, 2.24) is 0 Å². The van der Waals surface area contributed by atoms with Crippen LogP contribution in [0.1, 0.15) is 21.5 Å². The molecule has 2 nitrogen and oxygen atoms in total. The van der Waals surface area contributed by atoms with Crippen LogP contribution in [0, 0.1) is 0 Å². The summed E-state index contributed by atoms with van der Waals surface area (Å²) in [5.74, 6) is 0.0511. The zero-order chi connectivity index (χ0) is 15.2. The molecule has 0 bridgehead atoms. The highest BCUT2D eigenvalue weighted by atomic mass is 16.1. The van der Waals surface area contributed by atoms with Crippen LogP contribution in [-0.2, 0) is 6.54 Å². The molecule has 0 aliphatic heterocycles. The van der Waals surface area contributed by atoms with E-state index < -0.39 is 0 Å². The molecule has 0 aliphatic rings. The largest absolute Gasteiger partial charge is 0.381 e. The molecule has 0 saturated heterocycles. The standard InChI is InChI=1S/C20H17NO/c22-20(17-9-5-2-6-10-17)18-11-13-19(14-12-18)21-15-16-7-3-1-4-8-16/h1-14,21H,15H2. The number of carbonyl (C=O) groups excluding carboxylic acids is 1. The predicted octanol–water partition coefficient (Wildman–Crippen LogP) is 4.53. The molecule has 108 valence electrons. The molecule has 0 fully saturated rings. The van der Waals surface area contributed by atoms with Gasteiger partial charge in [0.15, 0.2) is 5.78 Å². The number of ketones is 1. The maximum Gasteiger partial charge on any atom is 0.193 e. The molecule has 0 unspecified atom stereocenters. The summed E-state index contributed by atoms with van der Waals surface area (Å²) in [5, 5.41) is 3.36. The number of hydrogen-bond acceptors (Lipinski definition) is 2. The Morgan fingerprint density at radius 3 is 1.86 bits per heavy atom. The maximum absolute atomic E-state index is 12.3. The first-order valence-electron chi connectivity index (χ1n) is 7.30. The van der Waals surface area contributed by atoms with E-state index >= 15 is 0 Å². The first-order valence-corrected chi connectivity index (χ1v) is 7.30. The topological polar surface area (TPSA) is 29.1 Å². The van der Waals surface area contributed by atoms with Crippen LogP contribution in [-0.4, -0.2) is 5.78 Å². The lowest BCUT2D eigenvalue weighted by Crippen LogP contribution is -2.02. The molecule has 22 heavy (non-hydrogen) atoms. The molecule has 0 radical (unpaired) electrons. The summed E-state index contributed by atoms with van der Waals surface area (Å²) >= 11 is 0. The van der Waals surface area contributed by atoms with Crippen molar-refractivity contribution in [2.24, 2.45) is 0 Å². The summed E-state index contributed by atoms with van der Waals surface area (Å²) in [6.45, 7) is 0.771. The first kappa shape index (κ1) is 14.1. The zero-order valence-electron chi connectivity index (χ0n) is 12.2. The second kappa shape index (κ2) is 6.72. The Labute approximate surface area is 130 Å². The van der Waals surface area contributed by atoms with Gasteiger partial charge in [-0.2, -0.15) is 0 Å². The smallest absolute Gasteiger partial charge is 0.193 e. The molecular weight excluding hydrogens is 270 g/mol. The fraction of sp³-hybridized carbons (Fsp3) is 0.0500. The minimum atomic E-state index is 0.0511. The minimum absolute atomic E-state index is 0.0511. The Kier molecular flexibility index (Phi) is 4.30. The van der Waals surface area contributed by atoms with E-state index in [2.05, 4.69) is 17.4 Å². The second-order valence-corrected chi connectivity index (χ2v) is 5.11. The average Bonchev–Trinajstić information content (AvgIpc) is 2.61. The van der Waals surface area contributed by atoms with Crippen molar-refractivity contribution < 1.29 is 4.79 Å². The van der Waals surface area contributed by atoms with Crippen LogP contribution >= 0.6 is 0 Å². The fourth-order valence-electron chi connectivity index (χ4n) is 2.30. The van der Waals surface area contributed by atoms with Crippen LogP contribution in [0.5, 0.6) is 0 Å². The van der Waals surface area contributed by atoms with Crippen molar-refractivity contribution in [2.45, 2.75) is 6.54 Å². The molecular formula is C20H17NO. The normalized spacial score (nSPS) is 10.2. The Hall–Kier alpha value is -2.87. The third-order valence-corrected chi connectivity index (χ3v) is 3.52.